The van der Waals surface area contributed by atoms with Crippen LogP contribution in [0.5, 0.6) is 0 Å². The van der Waals surface area contributed by atoms with E-state index in [1.54, 1.807) is 6.33 Å². The third-order valence-corrected chi connectivity index (χ3v) is 3.74. The molecule has 0 aliphatic heterocycles. The quantitative estimate of drug-likeness (QED) is 0.729. The normalized spacial score (nSPS) is 16.0. The Balaban J connectivity index is 1.49. The van der Waals surface area contributed by atoms with Crippen LogP contribution in [0.3, 0.4) is 0 Å². The third kappa shape index (κ3) is 4.51. The largest absolute Gasteiger partial charge is 0.356 e. The average molecular weight is 249 g/mol. The summed E-state index contributed by atoms with van der Waals surface area (Å²) >= 11 is 0. The number of aromatic amines is 1. The summed E-state index contributed by atoms with van der Waals surface area (Å²) in [6.45, 7) is 0.760. The zero-order chi connectivity index (χ0) is 12.6. The number of imidazole rings is 1. The van der Waals surface area contributed by atoms with Gasteiger partial charge in [-0.25, -0.2) is 4.98 Å². The van der Waals surface area contributed by atoms with Gasteiger partial charge >= 0.3 is 0 Å². The minimum atomic E-state index is 0.212. The topological polar surface area (TPSA) is 57.8 Å². The molecule has 1 amide bonds. The van der Waals surface area contributed by atoms with Crippen LogP contribution in [0.2, 0.25) is 0 Å². The molecule has 1 fully saturated rings. The Hall–Kier alpha value is -1.32. The van der Waals surface area contributed by atoms with Crippen molar-refractivity contribution in [1.82, 2.24) is 15.3 Å². The molecule has 0 spiro atoms. The van der Waals surface area contributed by atoms with Gasteiger partial charge < -0.3 is 10.3 Å². The number of nitrogens with zero attached hydrogens (tertiary/aromatic N) is 1. The van der Waals surface area contributed by atoms with Gasteiger partial charge in [-0.1, -0.05) is 25.7 Å². The second kappa shape index (κ2) is 7.19. The summed E-state index contributed by atoms with van der Waals surface area (Å²) < 4.78 is 0. The van der Waals surface area contributed by atoms with E-state index < -0.39 is 0 Å². The minimum Gasteiger partial charge on any atom is -0.356 e. The molecule has 2 rings (SSSR count). The lowest BCUT2D eigenvalue weighted by Gasteiger charge is -2.08. The van der Waals surface area contributed by atoms with Gasteiger partial charge in [0.25, 0.3) is 0 Å². The van der Waals surface area contributed by atoms with E-state index in [9.17, 15) is 4.79 Å². The highest BCUT2D eigenvalue weighted by Crippen LogP contribution is 2.28. The van der Waals surface area contributed by atoms with Gasteiger partial charge in [-0.05, 0) is 25.2 Å². The fourth-order valence-corrected chi connectivity index (χ4v) is 2.65. The zero-order valence-electron chi connectivity index (χ0n) is 11.0. The van der Waals surface area contributed by atoms with Crippen LogP contribution in [-0.4, -0.2) is 22.4 Å². The van der Waals surface area contributed by atoms with Gasteiger partial charge in [0.15, 0.2) is 0 Å². The van der Waals surface area contributed by atoms with Crippen LogP contribution in [-0.2, 0) is 11.2 Å². The molecule has 1 heterocycles. The van der Waals surface area contributed by atoms with E-state index in [1.807, 2.05) is 6.20 Å². The number of amides is 1. The molecule has 0 saturated heterocycles. The maximum absolute atomic E-state index is 11.6. The van der Waals surface area contributed by atoms with Crippen LogP contribution in [0.25, 0.3) is 0 Å². The number of H-pyrrole nitrogens is 1. The molecule has 1 aromatic rings. The van der Waals surface area contributed by atoms with Gasteiger partial charge in [-0.3, -0.25) is 4.79 Å². The molecule has 1 aromatic heterocycles. The number of hydrogen-bond acceptors (Lipinski definition) is 2. The van der Waals surface area contributed by atoms with Crippen molar-refractivity contribution in [2.45, 2.75) is 51.4 Å². The molecule has 0 atom stereocenters. The van der Waals surface area contributed by atoms with Crippen molar-refractivity contribution in [3.63, 3.8) is 0 Å². The molecular formula is C14H23N3O. The Labute approximate surface area is 109 Å². The molecule has 1 aliphatic rings. The van der Waals surface area contributed by atoms with E-state index in [0.717, 1.165) is 37.4 Å². The fraction of sp³-hybridized carbons (Fsp3) is 0.714. The Morgan fingerprint density at radius 3 is 3.00 bits per heavy atom. The van der Waals surface area contributed by atoms with Gasteiger partial charge in [0.2, 0.25) is 5.91 Å². The second-order valence-electron chi connectivity index (χ2n) is 5.20. The lowest BCUT2D eigenvalue weighted by Crippen LogP contribution is -2.25. The highest BCUT2D eigenvalue weighted by atomic mass is 16.1. The lowest BCUT2D eigenvalue weighted by atomic mass is 10.0. The zero-order valence-corrected chi connectivity index (χ0v) is 11.0. The molecule has 100 valence electrons. The number of aryl methyl sites for hydroxylation is 1. The first-order chi connectivity index (χ1) is 8.84. The summed E-state index contributed by atoms with van der Waals surface area (Å²) in [4.78, 5) is 18.7. The van der Waals surface area contributed by atoms with E-state index in [2.05, 4.69) is 15.3 Å². The average Bonchev–Trinajstić information content (AvgIpc) is 3.04. The van der Waals surface area contributed by atoms with E-state index >= 15 is 0 Å². The molecule has 1 aliphatic carbocycles. The maximum Gasteiger partial charge on any atom is 0.220 e. The third-order valence-electron chi connectivity index (χ3n) is 3.74. The smallest absolute Gasteiger partial charge is 0.220 e. The Bertz CT molecular complexity index is 342. The predicted octanol–water partition coefficient (Wildman–Crippen LogP) is 2.43. The summed E-state index contributed by atoms with van der Waals surface area (Å²) in [7, 11) is 0. The van der Waals surface area contributed by atoms with Gasteiger partial charge in [-0.2, -0.15) is 0 Å². The van der Waals surface area contributed by atoms with Crippen molar-refractivity contribution in [3.05, 3.63) is 18.2 Å². The van der Waals surface area contributed by atoms with Crippen LogP contribution < -0.4 is 5.32 Å². The van der Waals surface area contributed by atoms with E-state index in [0.29, 0.717) is 6.42 Å². The van der Waals surface area contributed by atoms with Crippen molar-refractivity contribution in [3.8, 4) is 0 Å². The summed E-state index contributed by atoms with van der Waals surface area (Å²) in [6, 6.07) is 0. The number of nitrogens with one attached hydrogen (secondary N) is 2. The van der Waals surface area contributed by atoms with Crippen molar-refractivity contribution >= 4 is 5.91 Å². The summed E-state index contributed by atoms with van der Waals surface area (Å²) in [6.07, 6.45) is 12.6. The van der Waals surface area contributed by atoms with Gasteiger partial charge in [0.1, 0.15) is 0 Å². The van der Waals surface area contributed by atoms with Crippen molar-refractivity contribution < 1.29 is 4.79 Å². The molecule has 1 saturated carbocycles. The SMILES string of the molecule is O=C(CCC1CCCC1)NCCCc1c[nH]cn1. The summed E-state index contributed by atoms with van der Waals surface area (Å²) in [5.74, 6) is 1.02. The number of hydrogen-bond donors (Lipinski definition) is 2. The van der Waals surface area contributed by atoms with Gasteiger partial charge in [0, 0.05) is 19.2 Å². The molecule has 4 heteroatoms. The Kier molecular flexibility index (Phi) is 5.24. The number of carbonyl (C=O) groups is 1. The van der Waals surface area contributed by atoms with Crippen molar-refractivity contribution in [2.75, 3.05) is 6.54 Å². The van der Waals surface area contributed by atoms with Crippen LogP contribution >= 0.6 is 0 Å². The first-order valence-electron chi connectivity index (χ1n) is 7.09. The highest BCUT2D eigenvalue weighted by molar-refractivity contribution is 5.75. The maximum atomic E-state index is 11.6. The molecule has 4 nitrogen and oxygen atoms in total. The molecular weight excluding hydrogens is 226 g/mol. The van der Waals surface area contributed by atoms with Gasteiger partial charge in [-0.15, -0.1) is 0 Å². The first kappa shape index (κ1) is 13.1. The number of carbonyl (C=O) groups excluding carboxylic acids is 1. The van der Waals surface area contributed by atoms with Crippen LogP contribution in [0, 0.1) is 5.92 Å². The molecule has 0 bridgehead atoms. The second-order valence-corrected chi connectivity index (χ2v) is 5.20. The van der Waals surface area contributed by atoms with Crippen LogP contribution in [0.15, 0.2) is 12.5 Å². The minimum absolute atomic E-state index is 0.212. The molecule has 0 aromatic carbocycles. The standard InChI is InChI=1S/C14H23N3O/c18-14(8-7-12-4-1-2-5-12)16-9-3-6-13-10-15-11-17-13/h10-12H,1-9H2,(H,15,17)(H,16,18). The van der Waals surface area contributed by atoms with Crippen LogP contribution in [0.1, 0.15) is 50.6 Å². The van der Waals surface area contributed by atoms with Crippen LogP contribution in [0.4, 0.5) is 0 Å². The monoisotopic (exact) mass is 249 g/mol. The van der Waals surface area contributed by atoms with E-state index in [1.165, 1.54) is 25.7 Å². The van der Waals surface area contributed by atoms with E-state index in [4.69, 9.17) is 0 Å². The number of aromatic nitrogens is 2. The Morgan fingerprint density at radius 1 is 1.44 bits per heavy atom. The summed E-state index contributed by atoms with van der Waals surface area (Å²) in [5.41, 5.74) is 1.07. The van der Waals surface area contributed by atoms with Crippen molar-refractivity contribution in [2.24, 2.45) is 5.92 Å². The Morgan fingerprint density at radius 2 is 2.28 bits per heavy atom. The van der Waals surface area contributed by atoms with Crippen molar-refractivity contribution in [1.29, 1.82) is 0 Å². The molecule has 2 N–H and O–H groups in total. The predicted molar refractivity (Wildman–Crippen MR) is 71.1 cm³/mol. The summed E-state index contributed by atoms with van der Waals surface area (Å²) in [5, 5.41) is 2.99. The van der Waals surface area contributed by atoms with Gasteiger partial charge in [0.05, 0.1) is 12.0 Å². The van der Waals surface area contributed by atoms with E-state index in [-0.39, 0.29) is 5.91 Å². The number of rotatable bonds is 7. The lowest BCUT2D eigenvalue weighted by molar-refractivity contribution is -0.121. The fourth-order valence-electron chi connectivity index (χ4n) is 2.65. The first-order valence-corrected chi connectivity index (χ1v) is 7.09. The highest BCUT2D eigenvalue weighted by Gasteiger charge is 2.15. The molecule has 0 unspecified atom stereocenters. The molecule has 0 radical (unpaired) electrons. The molecule has 18 heavy (non-hydrogen) atoms.